The maximum Gasteiger partial charge on any atom is 0.239 e. The molecule has 2 rings (SSSR count). The van der Waals surface area contributed by atoms with E-state index in [0.29, 0.717) is 39.3 Å². The molecule has 2 N–H and O–H groups in total. The van der Waals surface area contributed by atoms with Crippen LogP contribution in [0.2, 0.25) is 0 Å². The van der Waals surface area contributed by atoms with Crippen molar-refractivity contribution in [3.8, 4) is 0 Å². The Hall–Kier alpha value is -2.08. The lowest BCUT2D eigenvalue weighted by molar-refractivity contribution is -0.135. The first kappa shape index (κ1) is 15.3. The number of para-hydroxylation sites is 1. The minimum absolute atomic E-state index is 0.0645. The van der Waals surface area contributed by atoms with Crippen molar-refractivity contribution in [1.29, 1.82) is 0 Å². The van der Waals surface area contributed by atoms with Crippen LogP contribution in [-0.4, -0.2) is 56.1 Å². The van der Waals surface area contributed by atoms with E-state index in [1.165, 1.54) is 0 Å². The van der Waals surface area contributed by atoms with Gasteiger partial charge >= 0.3 is 0 Å². The number of ether oxygens (including phenoxy) is 1. The summed E-state index contributed by atoms with van der Waals surface area (Å²) in [6.45, 7) is 3.05. The molecule has 1 aliphatic heterocycles. The van der Waals surface area contributed by atoms with E-state index < -0.39 is 0 Å². The highest BCUT2D eigenvalue weighted by molar-refractivity contribution is 5.82. The third-order valence-electron chi connectivity index (χ3n) is 3.25. The number of nitrogens with zero attached hydrogens (tertiary/aromatic N) is 1. The molecule has 0 saturated carbocycles. The van der Waals surface area contributed by atoms with Crippen molar-refractivity contribution in [2.75, 3.05) is 44.7 Å². The second kappa shape index (κ2) is 8.26. The molecular formula is C15H21N3O3. The Labute approximate surface area is 124 Å². The zero-order valence-corrected chi connectivity index (χ0v) is 12.0. The van der Waals surface area contributed by atoms with Gasteiger partial charge < -0.3 is 20.3 Å². The van der Waals surface area contributed by atoms with E-state index in [9.17, 15) is 9.59 Å². The van der Waals surface area contributed by atoms with Crippen LogP contribution in [0.25, 0.3) is 0 Å². The van der Waals surface area contributed by atoms with Crippen LogP contribution in [0.15, 0.2) is 30.3 Å². The fourth-order valence-electron chi connectivity index (χ4n) is 2.08. The van der Waals surface area contributed by atoms with E-state index in [1.54, 1.807) is 4.90 Å². The van der Waals surface area contributed by atoms with Gasteiger partial charge in [0.25, 0.3) is 0 Å². The Bertz CT molecular complexity index is 458. The summed E-state index contributed by atoms with van der Waals surface area (Å²) in [5.41, 5.74) is 0.900. The highest BCUT2D eigenvalue weighted by Gasteiger charge is 2.16. The molecular weight excluding hydrogens is 270 g/mol. The lowest BCUT2D eigenvalue weighted by atomic mass is 10.3. The Morgan fingerprint density at radius 1 is 1.14 bits per heavy atom. The molecule has 0 atom stereocenters. The number of amides is 2. The summed E-state index contributed by atoms with van der Waals surface area (Å²) < 4.78 is 5.19. The molecule has 0 unspecified atom stereocenters. The lowest BCUT2D eigenvalue weighted by Crippen LogP contribution is -2.42. The molecule has 1 fully saturated rings. The number of anilines is 1. The van der Waals surface area contributed by atoms with Crippen molar-refractivity contribution in [1.82, 2.24) is 10.2 Å². The zero-order valence-electron chi connectivity index (χ0n) is 12.0. The normalized spacial score (nSPS) is 14.6. The van der Waals surface area contributed by atoms with Crippen LogP contribution in [0.3, 0.4) is 0 Å². The molecule has 6 heteroatoms. The van der Waals surface area contributed by atoms with Crippen LogP contribution < -0.4 is 10.6 Å². The molecule has 0 aliphatic carbocycles. The summed E-state index contributed by atoms with van der Waals surface area (Å²) in [7, 11) is 0. The molecule has 0 aromatic heterocycles. The molecule has 1 aromatic rings. The third-order valence-corrected chi connectivity index (χ3v) is 3.25. The van der Waals surface area contributed by atoms with E-state index in [1.807, 2.05) is 30.3 Å². The number of morpholine rings is 1. The van der Waals surface area contributed by atoms with Crippen molar-refractivity contribution < 1.29 is 14.3 Å². The van der Waals surface area contributed by atoms with Crippen molar-refractivity contribution in [2.24, 2.45) is 0 Å². The van der Waals surface area contributed by atoms with Gasteiger partial charge in [-0.1, -0.05) is 18.2 Å². The molecule has 2 amide bonds. The van der Waals surface area contributed by atoms with Gasteiger partial charge in [-0.2, -0.15) is 0 Å². The van der Waals surface area contributed by atoms with Gasteiger partial charge in [-0.05, 0) is 12.1 Å². The first-order valence-electron chi connectivity index (χ1n) is 7.17. The number of hydrogen-bond donors (Lipinski definition) is 2. The van der Waals surface area contributed by atoms with Crippen LogP contribution in [-0.2, 0) is 14.3 Å². The van der Waals surface area contributed by atoms with Gasteiger partial charge in [0.2, 0.25) is 11.8 Å². The second-order valence-corrected chi connectivity index (χ2v) is 4.81. The summed E-state index contributed by atoms with van der Waals surface area (Å²) in [5, 5.41) is 5.76. The highest BCUT2D eigenvalue weighted by Crippen LogP contribution is 2.03. The average molecular weight is 291 g/mol. The van der Waals surface area contributed by atoms with Gasteiger partial charge in [-0.25, -0.2) is 0 Å². The lowest BCUT2D eigenvalue weighted by Gasteiger charge is -2.26. The van der Waals surface area contributed by atoms with Crippen LogP contribution >= 0.6 is 0 Å². The molecule has 1 aromatic carbocycles. The molecule has 114 valence electrons. The summed E-state index contributed by atoms with van der Waals surface area (Å²) >= 11 is 0. The van der Waals surface area contributed by atoms with E-state index in [-0.39, 0.29) is 18.4 Å². The van der Waals surface area contributed by atoms with Gasteiger partial charge in [-0.3, -0.25) is 9.59 Å². The number of nitrogens with one attached hydrogen (secondary N) is 2. The Morgan fingerprint density at radius 2 is 1.86 bits per heavy atom. The molecule has 0 spiro atoms. The standard InChI is InChI=1S/C15H21N3O3/c19-14(12-17-13-4-2-1-3-5-13)16-7-6-15(20)18-8-10-21-11-9-18/h1-5,17H,6-12H2,(H,16,19). The maximum absolute atomic E-state index is 11.9. The largest absolute Gasteiger partial charge is 0.378 e. The van der Waals surface area contributed by atoms with Crippen LogP contribution in [0.5, 0.6) is 0 Å². The number of benzene rings is 1. The summed E-state index contributed by atoms with van der Waals surface area (Å²) in [4.78, 5) is 25.3. The molecule has 21 heavy (non-hydrogen) atoms. The van der Waals surface area contributed by atoms with Gasteiger partial charge in [0.05, 0.1) is 19.8 Å². The third kappa shape index (κ3) is 5.43. The van der Waals surface area contributed by atoms with Gasteiger partial charge in [0, 0.05) is 31.7 Å². The van der Waals surface area contributed by atoms with Crippen LogP contribution in [0.1, 0.15) is 6.42 Å². The van der Waals surface area contributed by atoms with E-state index in [4.69, 9.17) is 4.74 Å². The molecule has 1 saturated heterocycles. The van der Waals surface area contributed by atoms with Crippen molar-refractivity contribution in [3.63, 3.8) is 0 Å². The second-order valence-electron chi connectivity index (χ2n) is 4.81. The van der Waals surface area contributed by atoms with Crippen molar-refractivity contribution >= 4 is 17.5 Å². The number of carbonyl (C=O) groups excluding carboxylic acids is 2. The number of carbonyl (C=O) groups is 2. The Morgan fingerprint density at radius 3 is 2.57 bits per heavy atom. The fraction of sp³-hybridized carbons (Fsp3) is 0.467. The molecule has 6 nitrogen and oxygen atoms in total. The van der Waals surface area contributed by atoms with Gasteiger partial charge in [-0.15, -0.1) is 0 Å². The number of hydrogen-bond acceptors (Lipinski definition) is 4. The molecule has 1 heterocycles. The molecule has 1 aliphatic rings. The fourth-order valence-corrected chi connectivity index (χ4v) is 2.08. The maximum atomic E-state index is 11.9. The predicted molar refractivity (Wildman–Crippen MR) is 80.0 cm³/mol. The van der Waals surface area contributed by atoms with E-state index in [0.717, 1.165) is 5.69 Å². The highest BCUT2D eigenvalue weighted by atomic mass is 16.5. The summed E-state index contributed by atoms with van der Waals surface area (Å²) in [6.07, 6.45) is 0.330. The van der Waals surface area contributed by atoms with Crippen molar-refractivity contribution in [3.05, 3.63) is 30.3 Å². The minimum atomic E-state index is -0.117. The van der Waals surface area contributed by atoms with E-state index >= 15 is 0 Å². The van der Waals surface area contributed by atoms with E-state index in [2.05, 4.69) is 10.6 Å². The average Bonchev–Trinajstić information content (AvgIpc) is 2.54. The predicted octanol–water partition coefficient (Wildman–Crippen LogP) is 0.464. The SMILES string of the molecule is O=C(CNc1ccccc1)NCCC(=O)N1CCOCC1. The summed E-state index contributed by atoms with van der Waals surface area (Å²) in [6, 6.07) is 9.52. The van der Waals surface area contributed by atoms with Gasteiger partial charge in [0.1, 0.15) is 0 Å². The molecule has 0 radical (unpaired) electrons. The topological polar surface area (TPSA) is 70.7 Å². The first-order chi connectivity index (χ1) is 10.3. The van der Waals surface area contributed by atoms with Crippen LogP contribution in [0.4, 0.5) is 5.69 Å². The van der Waals surface area contributed by atoms with Gasteiger partial charge in [0.15, 0.2) is 0 Å². The quantitative estimate of drug-likeness (QED) is 0.799. The first-order valence-corrected chi connectivity index (χ1v) is 7.17. The molecule has 0 bridgehead atoms. The smallest absolute Gasteiger partial charge is 0.239 e. The van der Waals surface area contributed by atoms with Crippen LogP contribution in [0, 0.1) is 0 Å². The summed E-state index contributed by atoms with van der Waals surface area (Å²) in [5.74, 6) is -0.0525. The zero-order chi connectivity index (χ0) is 14.9. The monoisotopic (exact) mass is 291 g/mol. The number of rotatable bonds is 6. The van der Waals surface area contributed by atoms with Crippen molar-refractivity contribution in [2.45, 2.75) is 6.42 Å². The Balaban J connectivity index is 1.59. The minimum Gasteiger partial charge on any atom is -0.378 e. The Kier molecular flexibility index (Phi) is 6.02.